The number of hydrogen-bond acceptors (Lipinski definition) is 4. The molecular formula is C15H15N3O2. The summed E-state index contributed by atoms with van der Waals surface area (Å²) in [5.41, 5.74) is 3.22. The summed E-state index contributed by atoms with van der Waals surface area (Å²) in [5.74, 6) is -0.198. The molecule has 0 radical (unpaired) electrons. The lowest BCUT2D eigenvalue weighted by Crippen LogP contribution is -2.14. The van der Waals surface area contributed by atoms with Crippen molar-refractivity contribution < 1.29 is 10.0 Å². The van der Waals surface area contributed by atoms with Crippen LogP contribution in [0, 0.1) is 6.92 Å². The van der Waals surface area contributed by atoms with Gasteiger partial charge >= 0.3 is 0 Å². The summed E-state index contributed by atoms with van der Waals surface area (Å²) in [6, 6.07) is 10.5. The summed E-state index contributed by atoms with van der Waals surface area (Å²) >= 11 is 0. The van der Waals surface area contributed by atoms with Crippen LogP contribution < -0.4 is 5.32 Å². The van der Waals surface area contributed by atoms with E-state index in [1.54, 1.807) is 56.4 Å². The number of aromatic nitrogens is 1. The fraction of sp³-hybridized carbons (Fsp3) is 0.133. The Morgan fingerprint density at radius 2 is 1.95 bits per heavy atom. The molecule has 0 fully saturated rings. The Morgan fingerprint density at radius 1 is 1.25 bits per heavy atom. The Kier molecular flexibility index (Phi) is 4.10. The summed E-state index contributed by atoms with van der Waals surface area (Å²) in [6.07, 6.45) is 1.65. The van der Waals surface area contributed by atoms with E-state index in [4.69, 9.17) is 5.21 Å². The standard InChI is InChI=1S/C15H15N3O2/c1-10(18-20)12-5-7-13(8-6-12)17-15(19)14-4-3-9-16-11(14)2/h3-9,20H,1-2H3,(H,17,19)/b18-10-. The Balaban J connectivity index is 2.15. The Hall–Kier alpha value is -2.69. The molecule has 5 heteroatoms. The fourth-order valence-corrected chi connectivity index (χ4v) is 1.78. The first-order valence-electron chi connectivity index (χ1n) is 6.14. The van der Waals surface area contributed by atoms with Gasteiger partial charge in [0.1, 0.15) is 0 Å². The van der Waals surface area contributed by atoms with E-state index >= 15 is 0 Å². The van der Waals surface area contributed by atoms with Crippen LogP contribution in [-0.2, 0) is 0 Å². The van der Waals surface area contributed by atoms with Gasteiger partial charge in [0.2, 0.25) is 0 Å². The highest BCUT2D eigenvalue weighted by Gasteiger charge is 2.09. The van der Waals surface area contributed by atoms with Crippen LogP contribution in [0.2, 0.25) is 0 Å². The number of aryl methyl sites for hydroxylation is 1. The fourth-order valence-electron chi connectivity index (χ4n) is 1.78. The first kappa shape index (κ1) is 13.7. The molecule has 1 amide bonds. The number of anilines is 1. The van der Waals surface area contributed by atoms with Crippen LogP contribution in [0.3, 0.4) is 0 Å². The van der Waals surface area contributed by atoms with Gasteiger partial charge in [-0.2, -0.15) is 0 Å². The second kappa shape index (κ2) is 5.97. The normalized spacial score (nSPS) is 11.2. The number of carbonyl (C=O) groups is 1. The molecule has 2 rings (SSSR count). The molecule has 5 nitrogen and oxygen atoms in total. The second-order valence-electron chi connectivity index (χ2n) is 4.35. The number of hydrogen-bond donors (Lipinski definition) is 2. The topological polar surface area (TPSA) is 74.6 Å². The van der Waals surface area contributed by atoms with Gasteiger partial charge in [0.25, 0.3) is 5.91 Å². The van der Waals surface area contributed by atoms with Crippen molar-refractivity contribution in [2.24, 2.45) is 5.16 Å². The molecule has 102 valence electrons. The summed E-state index contributed by atoms with van der Waals surface area (Å²) < 4.78 is 0. The van der Waals surface area contributed by atoms with Crippen LogP contribution in [0.15, 0.2) is 47.8 Å². The molecule has 0 aliphatic carbocycles. The van der Waals surface area contributed by atoms with E-state index < -0.39 is 0 Å². The van der Waals surface area contributed by atoms with E-state index in [0.717, 1.165) is 5.56 Å². The molecule has 1 heterocycles. The predicted octanol–water partition coefficient (Wildman–Crippen LogP) is 2.84. The Morgan fingerprint density at radius 3 is 2.55 bits per heavy atom. The highest BCUT2D eigenvalue weighted by molar-refractivity contribution is 6.05. The predicted molar refractivity (Wildman–Crippen MR) is 77.4 cm³/mol. The Labute approximate surface area is 117 Å². The minimum atomic E-state index is -0.198. The lowest BCUT2D eigenvalue weighted by molar-refractivity contribution is 0.102. The molecule has 0 bridgehead atoms. The molecule has 0 saturated carbocycles. The van der Waals surface area contributed by atoms with Crippen LogP contribution >= 0.6 is 0 Å². The van der Waals surface area contributed by atoms with Crippen molar-refractivity contribution in [3.63, 3.8) is 0 Å². The molecule has 2 N–H and O–H groups in total. The smallest absolute Gasteiger partial charge is 0.257 e. The summed E-state index contributed by atoms with van der Waals surface area (Å²) in [7, 11) is 0. The van der Waals surface area contributed by atoms with Crippen molar-refractivity contribution in [3.05, 3.63) is 59.4 Å². The van der Waals surface area contributed by atoms with Crippen molar-refractivity contribution in [2.45, 2.75) is 13.8 Å². The molecule has 0 spiro atoms. The lowest BCUT2D eigenvalue weighted by Gasteiger charge is -2.07. The number of amides is 1. The number of nitrogens with zero attached hydrogens (tertiary/aromatic N) is 2. The second-order valence-corrected chi connectivity index (χ2v) is 4.35. The number of benzene rings is 1. The summed E-state index contributed by atoms with van der Waals surface area (Å²) in [6.45, 7) is 3.49. The van der Waals surface area contributed by atoms with E-state index in [1.165, 1.54) is 0 Å². The van der Waals surface area contributed by atoms with Crippen molar-refractivity contribution in [1.82, 2.24) is 4.98 Å². The van der Waals surface area contributed by atoms with E-state index in [9.17, 15) is 4.79 Å². The maximum Gasteiger partial charge on any atom is 0.257 e. The first-order chi connectivity index (χ1) is 9.61. The molecule has 2 aromatic rings. The van der Waals surface area contributed by atoms with E-state index in [-0.39, 0.29) is 5.91 Å². The largest absolute Gasteiger partial charge is 0.411 e. The first-order valence-corrected chi connectivity index (χ1v) is 6.14. The molecule has 0 aliphatic rings. The zero-order chi connectivity index (χ0) is 14.5. The maximum atomic E-state index is 12.1. The van der Waals surface area contributed by atoms with Crippen molar-refractivity contribution in [3.8, 4) is 0 Å². The Bertz CT molecular complexity index is 648. The third-order valence-corrected chi connectivity index (χ3v) is 2.96. The molecule has 20 heavy (non-hydrogen) atoms. The molecule has 0 saturated heterocycles. The molecule has 0 atom stereocenters. The van der Waals surface area contributed by atoms with Crippen molar-refractivity contribution in [1.29, 1.82) is 0 Å². The summed E-state index contributed by atoms with van der Waals surface area (Å²) in [5, 5.41) is 14.6. The van der Waals surface area contributed by atoms with Gasteiger partial charge in [-0.3, -0.25) is 9.78 Å². The number of pyridine rings is 1. The van der Waals surface area contributed by atoms with E-state index in [2.05, 4.69) is 15.5 Å². The van der Waals surface area contributed by atoms with Crippen molar-refractivity contribution in [2.75, 3.05) is 5.32 Å². The lowest BCUT2D eigenvalue weighted by atomic mass is 10.1. The van der Waals surface area contributed by atoms with Crippen LogP contribution in [0.4, 0.5) is 5.69 Å². The van der Waals surface area contributed by atoms with Crippen LogP contribution in [0.5, 0.6) is 0 Å². The van der Waals surface area contributed by atoms with Gasteiger partial charge in [-0.05, 0) is 43.7 Å². The average molecular weight is 269 g/mol. The highest BCUT2D eigenvalue weighted by Crippen LogP contribution is 2.13. The highest BCUT2D eigenvalue weighted by atomic mass is 16.4. The quantitative estimate of drug-likeness (QED) is 0.511. The van der Waals surface area contributed by atoms with E-state index in [0.29, 0.717) is 22.7 Å². The van der Waals surface area contributed by atoms with Gasteiger partial charge < -0.3 is 10.5 Å². The van der Waals surface area contributed by atoms with Crippen LogP contribution in [0.1, 0.15) is 28.5 Å². The third kappa shape index (κ3) is 3.00. The van der Waals surface area contributed by atoms with Gasteiger partial charge in [0.05, 0.1) is 11.3 Å². The van der Waals surface area contributed by atoms with Gasteiger partial charge in [-0.15, -0.1) is 0 Å². The number of carbonyl (C=O) groups excluding carboxylic acids is 1. The molecule has 0 aliphatic heterocycles. The third-order valence-electron chi connectivity index (χ3n) is 2.96. The SMILES string of the molecule is C/C(=N/O)c1ccc(NC(=O)c2cccnc2C)cc1. The van der Waals surface area contributed by atoms with Gasteiger partial charge in [-0.25, -0.2) is 0 Å². The monoisotopic (exact) mass is 269 g/mol. The summed E-state index contributed by atoms with van der Waals surface area (Å²) in [4.78, 5) is 16.2. The molecule has 1 aromatic heterocycles. The number of oxime groups is 1. The average Bonchev–Trinajstić information content (AvgIpc) is 2.47. The molecule has 1 aromatic carbocycles. The zero-order valence-electron chi connectivity index (χ0n) is 11.3. The molecule has 0 unspecified atom stereocenters. The minimum absolute atomic E-state index is 0.198. The minimum Gasteiger partial charge on any atom is -0.411 e. The van der Waals surface area contributed by atoms with Crippen LogP contribution in [-0.4, -0.2) is 21.8 Å². The van der Waals surface area contributed by atoms with Gasteiger partial charge in [0.15, 0.2) is 0 Å². The maximum absolute atomic E-state index is 12.1. The van der Waals surface area contributed by atoms with Gasteiger partial charge in [-0.1, -0.05) is 17.3 Å². The zero-order valence-corrected chi connectivity index (χ0v) is 11.3. The number of rotatable bonds is 3. The van der Waals surface area contributed by atoms with Crippen LogP contribution in [0.25, 0.3) is 0 Å². The van der Waals surface area contributed by atoms with Crippen molar-refractivity contribution >= 4 is 17.3 Å². The molecular weight excluding hydrogens is 254 g/mol. The van der Waals surface area contributed by atoms with E-state index in [1.807, 2.05) is 0 Å². The number of nitrogens with one attached hydrogen (secondary N) is 1. The van der Waals surface area contributed by atoms with Gasteiger partial charge in [0, 0.05) is 17.6 Å².